The quantitative estimate of drug-likeness (QED) is 0.467. The maximum atomic E-state index is 12.3. The molecule has 2 aliphatic heterocycles. The largest absolute Gasteiger partial charge is 0.463 e. The molecular formula is C20H20Cl3NO6. The Balaban J connectivity index is 1.85. The van der Waals surface area contributed by atoms with Gasteiger partial charge < -0.3 is 23.5 Å². The molecule has 7 nitrogen and oxygen atoms in total. The fraction of sp³-hybridized carbons (Fsp3) is 0.500. The van der Waals surface area contributed by atoms with Crippen molar-refractivity contribution in [3.8, 4) is 0 Å². The van der Waals surface area contributed by atoms with Crippen molar-refractivity contribution < 1.29 is 28.5 Å². The van der Waals surface area contributed by atoms with Gasteiger partial charge >= 0.3 is 5.97 Å². The van der Waals surface area contributed by atoms with E-state index in [1.807, 2.05) is 0 Å². The lowest BCUT2D eigenvalue weighted by Gasteiger charge is -2.25. The van der Waals surface area contributed by atoms with E-state index in [0.29, 0.717) is 26.5 Å². The highest BCUT2D eigenvalue weighted by Crippen LogP contribution is 2.47. The van der Waals surface area contributed by atoms with Crippen LogP contribution in [0.5, 0.6) is 0 Å². The van der Waals surface area contributed by atoms with Crippen LogP contribution >= 0.6 is 34.8 Å². The maximum Gasteiger partial charge on any atom is 0.302 e. The molecule has 10 heteroatoms. The molecule has 0 amide bonds. The molecule has 0 aliphatic carbocycles. The van der Waals surface area contributed by atoms with Crippen molar-refractivity contribution in [2.24, 2.45) is 0 Å². The van der Waals surface area contributed by atoms with Crippen molar-refractivity contribution in [2.75, 3.05) is 6.61 Å². The van der Waals surface area contributed by atoms with E-state index in [1.165, 1.54) is 13.8 Å². The van der Waals surface area contributed by atoms with Crippen LogP contribution in [0.1, 0.15) is 44.3 Å². The lowest BCUT2D eigenvalue weighted by Crippen LogP contribution is -2.33. The summed E-state index contributed by atoms with van der Waals surface area (Å²) in [5, 5.41) is 1.36. The second-order valence-electron chi connectivity index (χ2n) is 7.81. The Morgan fingerprint density at radius 1 is 1.10 bits per heavy atom. The number of ketones is 1. The number of benzene rings is 1. The number of Topliss-reactive ketones (excluding diaryl/α,β-unsaturated/α-hetero) is 1. The highest BCUT2D eigenvalue weighted by atomic mass is 35.5. The monoisotopic (exact) mass is 475 g/mol. The fourth-order valence-corrected chi connectivity index (χ4v) is 4.80. The Bertz CT molecular complexity index is 1050. The van der Waals surface area contributed by atoms with Gasteiger partial charge in [0, 0.05) is 12.3 Å². The molecule has 0 N–H and O–H groups in total. The van der Waals surface area contributed by atoms with E-state index < -0.39 is 36.3 Å². The summed E-state index contributed by atoms with van der Waals surface area (Å²) in [7, 11) is 0. The van der Waals surface area contributed by atoms with Gasteiger partial charge in [0.05, 0.1) is 21.1 Å². The van der Waals surface area contributed by atoms with Crippen molar-refractivity contribution in [1.29, 1.82) is 0 Å². The average Bonchev–Trinajstić information content (AvgIpc) is 3.20. The van der Waals surface area contributed by atoms with Crippen molar-refractivity contribution in [3.63, 3.8) is 0 Å². The van der Waals surface area contributed by atoms with Crippen molar-refractivity contribution in [2.45, 2.75) is 58.0 Å². The molecule has 30 heavy (non-hydrogen) atoms. The van der Waals surface area contributed by atoms with Gasteiger partial charge in [0.25, 0.3) is 0 Å². The minimum Gasteiger partial charge on any atom is -0.463 e. The zero-order valence-electron chi connectivity index (χ0n) is 16.7. The molecule has 0 radical (unpaired) electrons. The van der Waals surface area contributed by atoms with E-state index >= 15 is 0 Å². The fourth-order valence-electron chi connectivity index (χ4n) is 4.06. The van der Waals surface area contributed by atoms with Crippen LogP contribution in [0.15, 0.2) is 12.1 Å². The molecule has 2 aromatic rings. The first-order chi connectivity index (χ1) is 14.0. The molecule has 1 aromatic heterocycles. The molecular weight excluding hydrogens is 457 g/mol. The number of rotatable bonds is 4. The second-order valence-corrected chi connectivity index (χ2v) is 8.98. The number of hydrogen-bond acceptors (Lipinski definition) is 6. The minimum absolute atomic E-state index is 0.00455. The smallest absolute Gasteiger partial charge is 0.302 e. The summed E-state index contributed by atoms with van der Waals surface area (Å²) in [6.45, 7) is 6.32. The first kappa shape index (κ1) is 21.9. The Labute approximate surface area is 188 Å². The van der Waals surface area contributed by atoms with E-state index in [4.69, 9.17) is 53.8 Å². The minimum atomic E-state index is -0.869. The van der Waals surface area contributed by atoms with Crippen molar-refractivity contribution in [3.05, 3.63) is 32.9 Å². The summed E-state index contributed by atoms with van der Waals surface area (Å²) in [6.07, 6.45) is -2.37. The highest BCUT2D eigenvalue weighted by molar-refractivity contribution is 6.43. The molecule has 2 saturated heterocycles. The summed E-state index contributed by atoms with van der Waals surface area (Å²) in [5.41, 5.74) is 0.886. The first-order valence-electron chi connectivity index (χ1n) is 9.34. The topological polar surface area (TPSA) is 76.0 Å². The number of carbonyl (C=O) groups excluding carboxylic acids is 2. The standard InChI is InChI=1S/C20H20Cl3NO6/c1-8(25)15-10-5-11(21)12(22)6-13(10)24(18(15)23)19-17-16(29-20(3,4)30-17)14(28-19)7-27-9(2)26/h5-6,14,16-17,19H,7H2,1-4H3/t14-,16?,17?,19-/m1/s1. The zero-order chi connectivity index (χ0) is 22.0. The second kappa shape index (κ2) is 7.65. The third-order valence-electron chi connectivity index (χ3n) is 5.17. The number of fused-ring (bicyclic) bond motifs is 2. The van der Waals surface area contributed by atoms with Gasteiger partial charge in [-0.1, -0.05) is 34.8 Å². The molecule has 0 spiro atoms. The average molecular weight is 477 g/mol. The third-order valence-corrected chi connectivity index (χ3v) is 6.26. The SMILES string of the molecule is CC(=O)OC[C@H]1O[C@@H](n2c(Cl)c(C(C)=O)c3cc(Cl)c(Cl)cc32)C2OC(C)(C)OC21. The van der Waals surface area contributed by atoms with Crippen molar-refractivity contribution in [1.82, 2.24) is 4.57 Å². The van der Waals surface area contributed by atoms with Crippen LogP contribution in [0, 0.1) is 0 Å². The maximum absolute atomic E-state index is 12.3. The first-order valence-corrected chi connectivity index (χ1v) is 10.5. The van der Waals surface area contributed by atoms with Gasteiger partial charge in [0.2, 0.25) is 0 Å². The number of ether oxygens (including phenoxy) is 4. The lowest BCUT2D eigenvalue weighted by atomic mass is 10.1. The number of hydrogen-bond donors (Lipinski definition) is 0. The van der Waals surface area contributed by atoms with Gasteiger partial charge in [-0.25, -0.2) is 0 Å². The predicted octanol–water partition coefficient (Wildman–Crippen LogP) is 4.78. The molecule has 4 atom stereocenters. The van der Waals surface area contributed by atoms with Crippen LogP contribution in [-0.2, 0) is 23.7 Å². The van der Waals surface area contributed by atoms with Gasteiger partial charge in [-0.3, -0.25) is 9.59 Å². The molecule has 162 valence electrons. The van der Waals surface area contributed by atoms with E-state index in [9.17, 15) is 9.59 Å². The molecule has 1 aromatic carbocycles. The molecule has 2 unspecified atom stereocenters. The molecule has 2 aliphatic rings. The third kappa shape index (κ3) is 3.61. The van der Waals surface area contributed by atoms with Gasteiger partial charge in [-0.2, -0.15) is 0 Å². The van der Waals surface area contributed by atoms with E-state index in [0.717, 1.165) is 0 Å². The molecule has 0 bridgehead atoms. The number of carbonyl (C=O) groups is 2. The predicted molar refractivity (Wildman–Crippen MR) is 111 cm³/mol. The van der Waals surface area contributed by atoms with Crippen LogP contribution in [0.25, 0.3) is 10.9 Å². The summed E-state index contributed by atoms with van der Waals surface area (Å²) in [5.74, 6) is -1.52. The number of halogens is 3. The molecule has 0 saturated carbocycles. The molecule has 2 fully saturated rings. The highest BCUT2D eigenvalue weighted by Gasteiger charge is 2.56. The normalized spacial score (nSPS) is 27.4. The number of nitrogens with zero attached hydrogens (tertiary/aromatic N) is 1. The Kier molecular flexibility index (Phi) is 5.58. The molecule has 3 heterocycles. The zero-order valence-corrected chi connectivity index (χ0v) is 19.0. The Morgan fingerprint density at radius 3 is 2.37 bits per heavy atom. The van der Waals surface area contributed by atoms with Gasteiger partial charge in [0.15, 0.2) is 17.8 Å². The number of esters is 1. The van der Waals surface area contributed by atoms with Crippen LogP contribution < -0.4 is 0 Å². The van der Waals surface area contributed by atoms with Crippen LogP contribution in [0.4, 0.5) is 0 Å². The molecule has 4 rings (SSSR count). The van der Waals surface area contributed by atoms with Gasteiger partial charge in [0.1, 0.15) is 30.1 Å². The van der Waals surface area contributed by atoms with Gasteiger partial charge in [-0.05, 0) is 32.9 Å². The summed E-state index contributed by atoms with van der Waals surface area (Å²) >= 11 is 19.1. The van der Waals surface area contributed by atoms with E-state index in [-0.39, 0.29) is 17.5 Å². The summed E-state index contributed by atoms with van der Waals surface area (Å²) in [6, 6.07) is 3.24. The van der Waals surface area contributed by atoms with Crippen LogP contribution in [0.2, 0.25) is 15.2 Å². The number of aromatic nitrogens is 1. The van der Waals surface area contributed by atoms with Crippen LogP contribution in [-0.4, -0.2) is 47.0 Å². The van der Waals surface area contributed by atoms with Crippen molar-refractivity contribution >= 4 is 57.5 Å². The Morgan fingerprint density at radius 2 is 1.73 bits per heavy atom. The summed E-state index contributed by atoms with van der Waals surface area (Å²) < 4.78 is 25.1. The van der Waals surface area contributed by atoms with Gasteiger partial charge in [-0.15, -0.1) is 0 Å². The van der Waals surface area contributed by atoms with E-state index in [1.54, 1.807) is 30.5 Å². The van der Waals surface area contributed by atoms with E-state index in [2.05, 4.69) is 0 Å². The lowest BCUT2D eigenvalue weighted by molar-refractivity contribution is -0.201. The van der Waals surface area contributed by atoms with Crippen LogP contribution in [0.3, 0.4) is 0 Å². The summed E-state index contributed by atoms with van der Waals surface area (Å²) in [4.78, 5) is 23.7. The Hall–Kier alpha value is -1.35.